The first-order valence-electron chi connectivity index (χ1n) is 9.76. The average molecular weight is 356 g/mol. The van der Waals surface area contributed by atoms with Crippen LogP contribution in [0.3, 0.4) is 0 Å². The second kappa shape index (κ2) is 7.00. The van der Waals surface area contributed by atoms with E-state index in [0.29, 0.717) is 11.6 Å². The third kappa shape index (κ3) is 3.01. The molecule has 1 unspecified atom stereocenters. The summed E-state index contributed by atoms with van der Waals surface area (Å²) in [5.41, 5.74) is 3.03. The van der Waals surface area contributed by atoms with Gasteiger partial charge in [-0.15, -0.1) is 0 Å². The number of nitrogens with one attached hydrogen (secondary N) is 1. The Morgan fingerprint density at radius 3 is 2.73 bits per heavy atom. The Balaban J connectivity index is 1.56. The van der Waals surface area contributed by atoms with Gasteiger partial charge in [0.1, 0.15) is 0 Å². The van der Waals surface area contributed by atoms with Crippen LogP contribution in [0.4, 0.5) is 0 Å². The Bertz CT molecular complexity index is 821. The lowest BCUT2D eigenvalue weighted by atomic mass is 9.84. The lowest BCUT2D eigenvalue weighted by Crippen LogP contribution is -2.56. The van der Waals surface area contributed by atoms with Gasteiger partial charge in [-0.25, -0.2) is 4.79 Å². The average Bonchev–Trinajstić information content (AvgIpc) is 3.00. The molecule has 2 aromatic rings. The first-order chi connectivity index (χ1) is 12.6. The molecule has 26 heavy (non-hydrogen) atoms. The number of hydrogen-bond donors (Lipinski definition) is 2. The molecule has 2 N–H and O–H groups in total. The lowest BCUT2D eigenvalue weighted by Gasteiger charge is -2.45. The summed E-state index contributed by atoms with van der Waals surface area (Å²) in [6, 6.07) is 4.45. The Morgan fingerprint density at radius 2 is 2.12 bits per heavy atom. The smallest absolute Gasteiger partial charge is 0.336 e. The van der Waals surface area contributed by atoms with Crippen LogP contribution in [0.15, 0.2) is 12.1 Å². The molecule has 2 bridgehead atoms. The van der Waals surface area contributed by atoms with Gasteiger partial charge in [0.05, 0.1) is 16.8 Å². The third-order valence-electron chi connectivity index (χ3n) is 6.14. The van der Waals surface area contributed by atoms with Crippen LogP contribution < -0.4 is 5.32 Å². The van der Waals surface area contributed by atoms with Crippen LogP contribution in [0.5, 0.6) is 0 Å². The second-order valence-corrected chi connectivity index (χ2v) is 7.67. The molecule has 3 fully saturated rings. The third-order valence-corrected chi connectivity index (χ3v) is 6.14. The summed E-state index contributed by atoms with van der Waals surface area (Å²) in [5, 5.41) is 19.0. The molecule has 1 aromatic carbocycles. The summed E-state index contributed by atoms with van der Waals surface area (Å²) in [7, 11) is 0. The molecule has 140 valence electrons. The van der Waals surface area contributed by atoms with Crippen LogP contribution >= 0.6 is 0 Å². The highest BCUT2D eigenvalue weighted by atomic mass is 16.4. The van der Waals surface area contributed by atoms with Gasteiger partial charge in [0.15, 0.2) is 0 Å². The van der Waals surface area contributed by atoms with E-state index >= 15 is 0 Å². The Labute approximate surface area is 154 Å². The quantitative estimate of drug-likeness (QED) is 0.831. The molecule has 5 rings (SSSR count). The zero-order chi connectivity index (χ0) is 18.3. The van der Waals surface area contributed by atoms with Gasteiger partial charge in [-0.1, -0.05) is 6.07 Å². The number of carbonyl (C=O) groups is 1. The van der Waals surface area contributed by atoms with Crippen molar-refractivity contribution in [2.24, 2.45) is 5.92 Å². The normalized spacial score (nSPS) is 25.1. The van der Waals surface area contributed by atoms with Crippen molar-refractivity contribution < 1.29 is 9.90 Å². The molecular formula is C20H28N4O2. The van der Waals surface area contributed by atoms with Crippen molar-refractivity contribution in [2.75, 3.05) is 26.2 Å². The topological polar surface area (TPSA) is 70.4 Å². The summed E-state index contributed by atoms with van der Waals surface area (Å²) in [4.78, 5) is 14.4. The molecule has 0 aliphatic carbocycles. The number of benzene rings is 1. The summed E-state index contributed by atoms with van der Waals surface area (Å²) < 4.78 is 1.92. The van der Waals surface area contributed by atoms with Gasteiger partial charge >= 0.3 is 5.97 Å². The van der Waals surface area contributed by atoms with E-state index in [2.05, 4.69) is 10.2 Å². The van der Waals surface area contributed by atoms with E-state index in [1.54, 1.807) is 0 Å². The number of nitrogens with zero attached hydrogens (tertiary/aromatic N) is 3. The minimum absolute atomic E-state index is 0.403. The first-order valence-corrected chi connectivity index (χ1v) is 9.76. The molecule has 0 radical (unpaired) electrons. The number of aromatic carboxylic acids is 1. The van der Waals surface area contributed by atoms with Crippen LogP contribution in [-0.4, -0.2) is 58.0 Å². The van der Waals surface area contributed by atoms with Crippen LogP contribution in [0.1, 0.15) is 41.4 Å². The number of carboxylic acids is 1. The van der Waals surface area contributed by atoms with Crippen LogP contribution in [0.2, 0.25) is 0 Å². The van der Waals surface area contributed by atoms with Crippen molar-refractivity contribution in [2.45, 2.75) is 45.7 Å². The molecule has 3 aliphatic rings. The fraction of sp³-hybridized carbons (Fsp3) is 0.600. The van der Waals surface area contributed by atoms with Crippen molar-refractivity contribution >= 4 is 16.9 Å². The summed E-state index contributed by atoms with van der Waals surface area (Å²) in [5.74, 6) is -0.0721. The SMILES string of the molecule is CCn1nc(CCNC2CN3CCC2CC3)c2c(C(=O)O)c(C)ccc21. The molecular weight excluding hydrogens is 328 g/mol. The number of aryl methyl sites for hydroxylation is 2. The maximum absolute atomic E-state index is 11.8. The number of aromatic nitrogens is 2. The van der Waals surface area contributed by atoms with Crippen molar-refractivity contribution in [3.05, 3.63) is 29.0 Å². The van der Waals surface area contributed by atoms with Crippen molar-refractivity contribution in [1.82, 2.24) is 20.0 Å². The van der Waals surface area contributed by atoms with E-state index in [-0.39, 0.29) is 0 Å². The number of rotatable bonds is 6. The van der Waals surface area contributed by atoms with Crippen LogP contribution in [0.25, 0.3) is 10.9 Å². The maximum atomic E-state index is 11.8. The van der Waals surface area contributed by atoms with E-state index in [1.807, 2.05) is 30.7 Å². The maximum Gasteiger partial charge on any atom is 0.336 e. The van der Waals surface area contributed by atoms with Crippen molar-refractivity contribution in [1.29, 1.82) is 0 Å². The van der Waals surface area contributed by atoms with Crippen LogP contribution in [-0.2, 0) is 13.0 Å². The standard InChI is InChI=1S/C20H28N4O2/c1-3-24-17-5-4-13(2)18(20(25)26)19(17)15(22-24)6-9-21-16-12-23-10-7-14(16)8-11-23/h4-5,14,16,21H,3,6-12H2,1-2H3,(H,25,26). The van der Waals surface area contributed by atoms with E-state index in [0.717, 1.165) is 54.1 Å². The van der Waals surface area contributed by atoms with Gasteiger partial charge in [0.2, 0.25) is 0 Å². The number of hydrogen-bond acceptors (Lipinski definition) is 4. The summed E-state index contributed by atoms with van der Waals surface area (Å²) in [6.45, 7) is 9.13. The molecule has 0 saturated carbocycles. The van der Waals surface area contributed by atoms with Gasteiger partial charge in [-0.3, -0.25) is 4.68 Å². The Hall–Kier alpha value is -1.92. The van der Waals surface area contributed by atoms with Crippen molar-refractivity contribution in [3.63, 3.8) is 0 Å². The molecule has 0 amide bonds. The molecule has 1 atom stereocenters. The van der Waals surface area contributed by atoms with E-state index in [9.17, 15) is 9.90 Å². The highest BCUT2D eigenvalue weighted by molar-refractivity contribution is 6.05. The van der Waals surface area contributed by atoms with Gasteiger partial charge in [-0.05, 0) is 57.3 Å². The Morgan fingerprint density at radius 1 is 1.35 bits per heavy atom. The van der Waals surface area contributed by atoms with Gasteiger partial charge in [-0.2, -0.15) is 5.10 Å². The molecule has 0 spiro atoms. The van der Waals surface area contributed by atoms with E-state index in [1.165, 1.54) is 25.9 Å². The van der Waals surface area contributed by atoms with E-state index in [4.69, 9.17) is 5.10 Å². The molecule has 3 aliphatic heterocycles. The molecule has 4 heterocycles. The zero-order valence-corrected chi connectivity index (χ0v) is 15.7. The predicted octanol–water partition coefficient (Wildman–Crippen LogP) is 2.29. The predicted molar refractivity (Wildman–Crippen MR) is 102 cm³/mol. The number of fused-ring (bicyclic) bond motifs is 4. The number of carboxylic acid groups (broad SMARTS) is 1. The minimum Gasteiger partial charge on any atom is -0.478 e. The fourth-order valence-electron chi connectivity index (χ4n) is 4.72. The molecule has 6 heteroatoms. The van der Waals surface area contributed by atoms with Gasteiger partial charge in [0, 0.05) is 37.5 Å². The molecule has 6 nitrogen and oxygen atoms in total. The lowest BCUT2D eigenvalue weighted by molar-refractivity contribution is 0.0698. The largest absolute Gasteiger partial charge is 0.478 e. The fourth-order valence-corrected chi connectivity index (χ4v) is 4.72. The summed E-state index contributed by atoms with van der Waals surface area (Å²) in [6.07, 6.45) is 3.36. The highest BCUT2D eigenvalue weighted by Gasteiger charge is 2.33. The zero-order valence-electron chi connectivity index (χ0n) is 15.7. The van der Waals surface area contributed by atoms with Gasteiger partial charge in [0.25, 0.3) is 0 Å². The summed E-state index contributed by atoms with van der Waals surface area (Å²) >= 11 is 0. The van der Waals surface area contributed by atoms with Crippen molar-refractivity contribution in [3.8, 4) is 0 Å². The minimum atomic E-state index is -0.865. The highest BCUT2D eigenvalue weighted by Crippen LogP contribution is 2.28. The number of piperidine rings is 3. The van der Waals surface area contributed by atoms with Crippen LogP contribution in [0, 0.1) is 12.8 Å². The molecule has 1 aromatic heterocycles. The first kappa shape index (κ1) is 17.5. The molecule has 3 saturated heterocycles. The second-order valence-electron chi connectivity index (χ2n) is 7.67. The van der Waals surface area contributed by atoms with Gasteiger partial charge < -0.3 is 15.3 Å². The Kier molecular flexibility index (Phi) is 4.71. The monoisotopic (exact) mass is 356 g/mol. The van der Waals surface area contributed by atoms with E-state index < -0.39 is 5.97 Å².